The molecule has 0 aromatic carbocycles. The smallest absolute Gasteiger partial charge is 0.0240 e. The van der Waals surface area contributed by atoms with Crippen LogP contribution in [-0.2, 0) is 0 Å². The maximum Gasteiger partial charge on any atom is 0.0240 e. The van der Waals surface area contributed by atoms with Crippen LogP contribution in [0.1, 0.15) is 59.8 Å². The molecule has 1 saturated carbocycles. The van der Waals surface area contributed by atoms with Gasteiger partial charge in [0.25, 0.3) is 0 Å². The van der Waals surface area contributed by atoms with Crippen molar-refractivity contribution in [3.8, 4) is 12.3 Å². The Bertz CT molecular complexity index is 251. The Morgan fingerprint density at radius 1 is 1.35 bits per heavy atom. The molecule has 1 aliphatic rings. The van der Waals surface area contributed by atoms with Gasteiger partial charge in [0.05, 0.1) is 0 Å². The van der Waals surface area contributed by atoms with E-state index >= 15 is 0 Å². The van der Waals surface area contributed by atoms with Gasteiger partial charge in [-0.25, -0.2) is 0 Å². The van der Waals surface area contributed by atoms with Gasteiger partial charge in [-0.05, 0) is 37.0 Å². The molecule has 0 amide bonds. The minimum Gasteiger partial charge on any atom is -0.310 e. The lowest BCUT2D eigenvalue weighted by molar-refractivity contribution is 0.158. The third-order valence-corrected chi connectivity index (χ3v) is 4.33. The molecule has 0 radical (unpaired) electrons. The monoisotopic (exact) mass is 235 g/mol. The molecule has 1 rings (SSSR count). The van der Waals surface area contributed by atoms with Crippen LogP contribution in [0.25, 0.3) is 0 Å². The van der Waals surface area contributed by atoms with E-state index < -0.39 is 0 Å². The first-order valence-electron chi connectivity index (χ1n) is 7.27. The van der Waals surface area contributed by atoms with E-state index in [0.29, 0.717) is 12.1 Å². The van der Waals surface area contributed by atoms with Crippen molar-refractivity contribution in [2.45, 2.75) is 71.9 Å². The van der Waals surface area contributed by atoms with Gasteiger partial charge in [0.2, 0.25) is 0 Å². The zero-order valence-electron chi connectivity index (χ0n) is 12.0. The molecule has 0 heterocycles. The van der Waals surface area contributed by atoms with Gasteiger partial charge in [-0.2, -0.15) is 0 Å². The Balaban J connectivity index is 2.59. The van der Waals surface area contributed by atoms with Crippen LogP contribution in [0.4, 0.5) is 0 Å². The summed E-state index contributed by atoms with van der Waals surface area (Å²) >= 11 is 0. The van der Waals surface area contributed by atoms with Crippen LogP contribution >= 0.6 is 0 Å². The molecule has 98 valence electrons. The maximum absolute atomic E-state index is 5.44. The summed E-state index contributed by atoms with van der Waals surface area (Å²) in [5, 5.41) is 3.83. The Kier molecular flexibility index (Phi) is 6.06. The van der Waals surface area contributed by atoms with E-state index in [9.17, 15) is 0 Å². The number of nitrogens with one attached hydrogen (secondary N) is 1. The Labute approximate surface area is 108 Å². The summed E-state index contributed by atoms with van der Waals surface area (Å²) in [4.78, 5) is 0. The molecule has 1 aliphatic carbocycles. The topological polar surface area (TPSA) is 12.0 Å². The summed E-state index contributed by atoms with van der Waals surface area (Å²) in [5.74, 6) is 5.28. The second-order valence-corrected chi connectivity index (χ2v) is 6.11. The number of rotatable bonds is 5. The lowest BCUT2D eigenvalue weighted by Gasteiger charge is -2.39. The Hall–Kier alpha value is -0.480. The molecule has 0 bridgehead atoms. The highest BCUT2D eigenvalue weighted by atomic mass is 15.0. The van der Waals surface area contributed by atoms with E-state index in [1.165, 1.54) is 19.3 Å². The summed E-state index contributed by atoms with van der Waals surface area (Å²) in [6.07, 6.45) is 11.5. The molecule has 1 heteroatoms. The normalized spacial score (nSPS) is 31.2. The molecule has 0 aromatic rings. The lowest BCUT2D eigenvalue weighted by atomic mass is 9.73. The van der Waals surface area contributed by atoms with Crippen molar-refractivity contribution < 1.29 is 0 Å². The maximum atomic E-state index is 5.44. The Morgan fingerprint density at radius 3 is 2.59 bits per heavy atom. The molecule has 0 aliphatic heterocycles. The van der Waals surface area contributed by atoms with Gasteiger partial charge >= 0.3 is 0 Å². The summed E-state index contributed by atoms with van der Waals surface area (Å²) < 4.78 is 0. The van der Waals surface area contributed by atoms with Crippen LogP contribution < -0.4 is 5.32 Å². The number of terminal acetylenes is 1. The fourth-order valence-corrected chi connectivity index (χ4v) is 3.16. The zero-order chi connectivity index (χ0) is 12.8. The van der Waals surface area contributed by atoms with Crippen molar-refractivity contribution >= 4 is 0 Å². The van der Waals surface area contributed by atoms with Gasteiger partial charge in [-0.15, -0.1) is 12.3 Å². The number of hydrogen-bond donors (Lipinski definition) is 1. The van der Waals surface area contributed by atoms with Crippen molar-refractivity contribution in [3.63, 3.8) is 0 Å². The SMILES string of the molecule is C#CCC(CC)NC1CC(C)CCC1C(C)C. The molecule has 4 atom stereocenters. The van der Waals surface area contributed by atoms with Gasteiger partial charge in [0.1, 0.15) is 0 Å². The first-order chi connectivity index (χ1) is 8.08. The molecule has 0 spiro atoms. The van der Waals surface area contributed by atoms with E-state index in [0.717, 1.165) is 30.6 Å². The second kappa shape index (κ2) is 7.07. The van der Waals surface area contributed by atoms with Crippen molar-refractivity contribution in [1.29, 1.82) is 0 Å². The van der Waals surface area contributed by atoms with Crippen molar-refractivity contribution in [2.24, 2.45) is 17.8 Å². The predicted molar refractivity (Wildman–Crippen MR) is 75.8 cm³/mol. The first kappa shape index (κ1) is 14.6. The third-order valence-electron chi connectivity index (χ3n) is 4.33. The molecular weight excluding hydrogens is 206 g/mol. The largest absolute Gasteiger partial charge is 0.310 e. The molecule has 1 fully saturated rings. The van der Waals surface area contributed by atoms with Crippen molar-refractivity contribution in [2.75, 3.05) is 0 Å². The average Bonchev–Trinajstić information content (AvgIpc) is 2.28. The van der Waals surface area contributed by atoms with Gasteiger partial charge in [0, 0.05) is 18.5 Å². The molecule has 4 unspecified atom stereocenters. The zero-order valence-corrected chi connectivity index (χ0v) is 12.0. The van der Waals surface area contributed by atoms with Gasteiger partial charge in [0.15, 0.2) is 0 Å². The molecule has 0 aromatic heterocycles. The minimum absolute atomic E-state index is 0.511. The molecule has 1 nitrogen and oxygen atoms in total. The van der Waals surface area contributed by atoms with Crippen LogP contribution in [0, 0.1) is 30.1 Å². The van der Waals surface area contributed by atoms with Crippen LogP contribution in [-0.4, -0.2) is 12.1 Å². The fourth-order valence-electron chi connectivity index (χ4n) is 3.16. The van der Waals surface area contributed by atoms with E-state index in [1.807, 2.05) is 0 Å². The van der Waals surface area contributed by atoms with Crippen molar-refractivity contribution in [1.82, 2.24) is 5.32 Å². The van der Waals surface area contributed by atoms with E-state index in [-0.39, 0.29) is 0 Å². The van der Waals surface area contributed by atoms with Crippen LogP contribution in [0.3, 0.4) is 0 Å². The van der Waals surface area contributed by atoms with Crippen molar-refractivity contribution in [3.05, 3.63) is 0 Å². The van der Waals surface area contributed by atoms with Crippen LogP contribution in [0.15, 0.2) is 0 Å². The highest BCUT2D eigenvalue weighted by Crippen LogP contribution is 2.33. The molecule has 17 heavy (non-hydrogen) atoms. The van der Waals surface area contributed by atoms with E-state index in [4.69, 9.17) is 6.42 Å². The summed E-state index contributed by atoms with van der Waals surface area (Å²) in [5.41, 5.74) is 0. The second-order valence-electron chi connectivity index (χ2n) is 6.11. The lowest BCUT2D eigenvalue weighted by Crippen LogP contribution is -2.47. The average molecular weight is 235 g/mol. The standard InChI is InChI=1S/C16H29N/c1-6-8-14(7-2)17-16-11-13(5)9-10-15(16)12(3)4/h1,12-17H,7-11H2,2-5H3. The Morgan fingerprint density at radius 2 is 2.06 bits per heavy atom. The van der Waals surface area contributed by atoms with Crippen LogP contribution in [0.5, 0.6) is 0 Å². The highest BCUT2D eigenvalue weighted by molar-refractivity contribution is 4.93. The summed E-state index contributed by atoms with van der Waals surface area (Å²) in [6, 6.07) is 1.19. The van der Waals surface area contributed by atoms with Gasteiger partial charge in [-0.1, -0.05) is 34.1 Å². The first-order valence-corrected chi connectivity index (χ1v) is 7.27. The molecule has 0 saturated heterocycles. The number of hydrogen-bond acceptors (Lipinski definition) is 1. The van der Waals surface area contributed by atoms with Gasteiger partial charge in [-0.3, -0.25) is 0 Å². The third kappa shape index (κ3) is 4.36. The predicted octanol–water partition coefficient (Wildman–Crippen LogP) is 3.84. The van der Waals surface area contributed by atoms with E-state index in [1.54, 1.807) is 0 Å². The van der Waals surface area contributed by atoms with Crippen LogP contribution in [0.2, 0.25) is 0 Å². The minimum atomic E-state index is 0.511. The van der Waals surface area contributed by atoms with Gasteiger partial charge < -0.3 is 5.32 Å². The molecule has 1 N–H and O–H groups in total. The fraction of sp³-hybridized carbons (Fsp3) is 0.875. The molecular formula is C16H29N. The van der Waals surface area contributed by atoms with E-state index in [2.05, 4.69) is 38.9 Å². The highest BCUT2D eigenvalue weighted by Gasteiger charge is 2.31. The quantitative estimate of drug-likeness (QED) is 0.714. The summed E-state index contributed by atoms with van der Waals surface area (Å²) in [7, 11) is 0. The summed E-state index contributed by atoms with van der Waals surface area (Å²) in [6.45, 7) is 9.33.